The number of carbonyl (C=O) groups excluding carboxylic acids is 2. The minimum Gasteiger partial charge on any atom is -0.389 e. The molecule has 1 heterocycles. The topological polar surface area (TPSA) is 81.7 Å². The van der Waals surface area contributed by atoms with Gasteiger partial charge in [-0.25, -0.2) is 0 Å². The van der Waals surface area contributed by atoms with Crippen LogP contribution in [-0.4, -0.2) is 45.7 Å². The van der Waals surface area contributed by atoms with Gasteiger partial charge in [-0.1, -0.05) is 78.9 Å². The number of benzene rings is 3. The smallest absolute Gasteiger partial charge is 0.251 e. The van der Waals surface area contributed by atoms with Crippen molar-refractivity contribution < 1.29 is 14.7 Å². The van der Waals surface area contributed by atoms with Gasteiger partial charge in [0.1, 0.15) is 6.04 Å². The molecule has 3 aromatic rings. The van der Waals surface area contributed by atoms with E-state index in [0.717, 1.165) is 11.1 Å². The third kappa shape index (κ3) is 5.35. The molecule has 3 atom stereocenters. The normalized spacial score (nSPS) is 19.0. The molecule has 0 radical (unpaired) electrons. The molecule has 4 rings (SSSR count). The summed E-state index contributed by atoms with van der Waals surface area (Å²) in [6.07, 6.45) is -0.731. The van der Waals surface area contributed by atoms with Gasteiger partial charge in [0.2, 0.25) is 5.91 Å². The maximum absolute atomic E-state index is 13.5. The highest BCUT2D eigenvalue weighted by molar-refractivity contribution is 5.94. The van der Waals surface area contributed by atoms with Crippen molar-refractivity contribution >= 4 is 11.8 Å². The molecule has 1 saturated heterocycles. The molecule has 2 amide bonds. The van der Waals surface area contributed by atoms with E-state index in [-0.39, 0.29) is 11.8 Å². The number of nitrogens with zero attached hydrogens (tertiary/aromatic N) is 1. The molecule has 1 fully saturated rings. The monoisotopic (exact) mass is 457 g/mol. The summed E-state index contributed by atoms with van der Waals surface area (Å²) in [6, 6.07) is 26.8. The first-order valence-electron chi connectivity index (χ1n) is 11.6. The Hall–Kier alpha value is -3.48. The van der Waals surface area contributed by atoms with Crippen LogP contribution < -0.4 is 10.6 Å². The lowest BCUT2D eigenvalue weighted by molar-refractivity contribution is -0.134. The van der Waals surface area contributed by atoms with Crippen molar-refractivity contribution in [2.45, 2.75) is 50.7 Å². The summed E-state index contributed by atoms with van der Waals surface area (Å²) in [4.78, 5) is 28.2. The SMILES string of the molecule is CC1(C)NC(C(O)[C@H](Cc2ccccc2)NC(=O)c2ccccc2)C(=O)N1Cc1ccccc1. The molecule has 0 bridgehead atoms. The number of aliphatic hydroxyl groups excluding tert-OH is 1. The van der Waals surface area contributed by atoms with Gasteiger partial charge in [-0.3, -0.25) is 14.9 Å². The highest BCUT2D eigenvalue weighted by Crippen LogP contribution is 2.26. The number of rotatable bonds is 8. The Morgan fingerprint density at radius 1 is 0.941 bits per heavy atom. The lowest BCUT2D eigenvalue weighted by Crippen LogP contribution is -2.55. The molecule has 1 aliphatic heterocycles. The Kier molecular flexibility index (Phi) is 7.10. The summed E-state index contributed by atoms with van der Waals surface area (Å²) in [5, 5.41) is 17.7. The summed E-state index contributed by atoms with van der Waals surface area (Å²) < 4.78 is 0. The highest BCUT2D eigenvalue weighted by Gasteiger charge is 2.48. The summed E-state index contributed by atoms with van der Waals surface area (Å²) in [6.45, 7) is 4.28. The van der Waals surface area contributed by atoms with Crippen molar-refractivity contribution in [3.05, 3.63) is 108 Å². The van der Waals surface area contributed by atoms with Crippen LogP contribution in [0, 0.1) is 0 Å². The van der Waals surface area contributed by atoms with Gasteiger partial charge in [-0.15, -0.1) is 0 Å². The molecule has 0 aliphatic carbocycles. The maximum Gasteiger partial charge on any atom is 0.251 e. The quantitative estimate of drug-likeness (QED) is 0.486. The van der Waals surface area contributed by atoms with Crippen molar-refractivity contribution in [1.82, 2.24) is 15.5 Å². The van der Waals surface area contributed by atoms with Crippen LogP contribution in [0.15, 0.2) is 91.0 Å². The van der Waals surface area contributed by atoms with Gasteiger partial charge in [0.05, 0.1) is 17.8 Å². The van der Waals surface area contributed by atoms with Crippen LogP contribution in [-0.2, 0) is 17.8 Å². The van der Waals surface area contributed by atoms with E-state index in [2.05, 4.69) is 10.6 Å². The average molecular weight is 458 g/mol. The number of aliphatic hydroxyl groups is 1. The van der Waals surface area contributed by atoms with Crippen LogP contribution in [0.1, 0.15) is 35.3 Å². The fourth-order valence-electron chi connectivity index (χ4n) is 4.44. The Morgan fingerprint density at radius 3 is 2.06 bits per heavy atom. The third-order valence-electron chi connectivity index (χ3n) is 6.30. The number of hydrogen-bond acceptors (Lipinski definition) is 4. The van der Waals surface area contributed by atoms with Gasteiger partial charge in [0, 0.05) is 12.1 Å². The molecule has 2 unspecified atom stereocenters. The van der Waals surface area contributed by atoms with Crippen LogP contribution in [0.3, 0.4) is 0 Å². The second-order valence-corrected chi connectivity index (χ2v) is 9.22. The Bertz CT molecular complexity index is 1100. The fourth-order valence-corrected chi connectivity index (χ4v) is 4.44. The fraction of sp³-hybridized carbons (Fsp3) is 0.286. The van der Waals surface area contributed by atoms with E-state index in [9.17, 15) is 14.7 Å². The predicted molar refractivity (Wildman–Crippen MR) is 132 cm³/mol. The first-order chi connectivity index (χ1) is 16.3. The number of hydrogen-bond donors (Lipinski definition) is 3. The molecule has 1 aliphatic rings. The summed E-state index contributed by atoms with van der Waals surface area (Å²) in [7, 11) is 0. The highest BCUT2D eigenvalue weighted by atomic mass is 16.3. The second-order valence-electron chi connectivity index (χ2n) is 9.22. The number of amides is 2. The molecule has 0 aromatic heterocycles. The lowest BCUT2D eigenvalue weighted by Gasteiger charge is -2.31. The van der Waals surface area contributed by atoms with Crippen LogP contribution in [0.2, 0.25) is 0 Å². The van der Waals surface area contributed by atoms with Crippen molar-refractivity contribution in [3.8, 4) is 0 Å². The van der Waals surface area contributed by atoms with Gasteiger partial charge >= 0.3 is 0 Å². The molecule has 6 nitrogen and oxygen atoms in total. The lowest BCUT2D eigenvalue weighted by atomic mass is 9.95. The van der Waals surface area contributed by atoms with Crippen molar-refractivity contribution in [1.29, 1.82) is 0 Å². The van der Waals surface area contributed by atoms with Crippen molar-refractivity contribution in [2.24, 2.45) is 0 Å². The maximum atomic E-state index is 13.5. The number of nitrogens with one attached hydrogen (secondary N) is 2. The van der Waals surface area contributed by atoms with E-state index >= 15 is 0 Å². The minimum absolute atomic E-state index is 0.187. The molecular weight excluding hydrogens is 426 g/mol. The van der Waals surface area contributed by atoms with Gasteiger partial charge < -0.3 is 15.3 Å². The van der Waals surface area contributed by atoms with Crippen LogP contribution in [0.4, 0.5) is 0 Å². The summed E-state index contributed by atoms with van der Waals surface area (Å²) in [5.41, 5.74) is 1.83. The van der Waals surface area contributed by atoms with Crippen LogP contribution >= 0.6 is 0 Å². The van der Waals surface area contributed by atoms with E-state index < -0.39 is 23.9 Å². The first kappa shape index (κ1) is 23.7. The van der Waals surface area contributed by atoms with E-state index in [0.29, 0.717) is 18.5 Å². The standard InChI is InChI=1S/C28H31N3O3/c1-28(2)30-24(27(34)31(28)19-21-14-8-4-9-15-21)25(32)23(18-20-12-6-3-7-13-20)29-26(33)22-16-10-5-11-17-22/h3-17,23-25,30,32H,18-19H2,1-2H3,(H,29,33)/t23-,24?,25?/m0/s1. The molecule has 3 aromatic carbocycles. The molecule has 34 heavy (non-hydrogen) atoms. The third-order valence-corrected chi connectivity index (χ3v) is 6.30. The Morgan fingerprint density at radius 2 is 1.47 bits per heavy atom. The molecule has 0 saturated carbocycles. The minimum atomic E-state index is -1.12. The number of carbonyl (C=O) groups is 2. The molecular formula is C28H31N3O3. The zero-order valence-corrected chi connectivity index (χ0v) is 19.5. The molecule has 176 valence electrons. The Balaban J connectivity index is 1.56. The predicted octanol–water partition coefficient (Wildman–Crippen LogP) is 3.13. The summed E-state index contributed by atoms with van der Waals surface area (Å²) >= 11 is 0. The second kappa shape index (κ2) is 10.2. The summed E-state index contributed by atoms with van der Waals surface area (Å²) in [5.74, 6) is -0.472. The molecule has 0 spiro atoms. The molecule has 6 heteroatoms. The van der Waals surface area contributed by atoms with Gasteiger partial charge in [0.25, 0.3) is 5.91 Å². The van der Waals surface area contributed by atoms with E-state index in [1.54, 1.807) is 29.2 Å². The zero-order valence-electron chi connectivity index (χ0n) is 19.5. The van der Waals surface area contributed by atoms with Gasteiger partial charge in [0.15, 0.2) is 0 Å². The average Bonchev–Trinajstić information content (AvgIpc) is 3.08. The van der Waals surface area contributed by atoms with E-state index in [4.69, 9.17) is 0 Å². The van der Waals surface area contributed by atoms with Gasteiger partial charge in [-0.05, 0) is 43.5 Å². The van der Waals surface area contributed by atoms with Crippen molar-refractivity contribution in [3.63, 3.8) is 0 Å². The molecule has 3 N–H and O–H groups in total. The van der Waals surface area contributed by atoms with Crippen LogP contribution in [0.25, 0.3) is 0 Å². The first-order valence-corrected chi connectivity index (χ1v) is 11.6. The Labute approximate surface area is 200 Å². The zero-order chi connectivity index (χ0) is 24.1. The van der Waals surface area contributed by atoms with E-state index in [1.807, 2.05) is 80.6 Å². The van der Waals surface area contributed by atoms with Crippen LogP contribution in [0.5, 0.6) is 0 Å². The largest absolute Gasteiger partial charge is 0.389 e. The van der Waals surface area contributed by atoms with Gasteiger partial charge in [-0.2, -0.15) is 0 Å². The van der Waals surface area contributed by atoms with E-state index in [1.165, 1.54) is 0 Å². The van der Waals surface area contributed by atoms with Crippen molar-refractivity contribution in [2.75, 3.05) is 0 Å².